The highest BCUT2D eigenvalue weighted by atomic mass is 79.9. The van der Waals surface area contributed by atoms with Gasteiger partial charge in [-0.25, -0.2) is 4.98 Å². The Labute approximate surface area is 100 Å². The van der Waals surface area contributed by atoms with Crippen molar-refractivity contribution in [2.75, 3.05) is 25.5 Å². The summed E-state index contributed by atoms with van der Waals surface area (Å²) in [6.45, 7) is 6.33. The molecule has 84 valence electrons. The Hall–Kier alpha value is -0.610. The van der Waals surface area contributed by atoms with E-state index >= 15 is 0 Å². The van der Waals surface area contributed by atoms with E-state index in [0.29, 0.717) is 6.04 Å². The molecule has 0 unspecified atom stereocenters. The van der Waals surface area contributed by atoms with Gasteiger partial charge in [0.15, 0.2) is 0 Å². The Balaban J connectivity index is 2.29. The van der Waals surface area contributed by atoms with Crippen LogP contribution in [0.1, 0.15) is 13.8 Å². The second kappa shape index (κ2) is 6.08. The van der Waals surface area contributed by atoms with Crippen molar-refractivity contribution in [1.29, 1.82) is 0 Å². The molecular formula is C11H18BrN3. The van der Waals surface area contributed by atoms with E-state index in [1.54, 1.807) is 6.20 Å². The van der Waals surface area contributed by atoms with Crippen LogP contribution in [0.3, 0.4) is 0 Å². The van der Waals surface area contributed by atoms with Crippen molar-refractivity contribution in [1.82, 2.24) is 9.88 Å². The summed E-state index contributed by atoms with van der Waals surface area (Å²) in [6.07, 6.45) is 1.80. The first-order valence-electron chi connectivity index (χ1n) is 5.15. The van der Waals surface area contributed by atoms with Gasteiger partial charge in [-0.3, -0.25) is 0 Å². The van der Waals surface area contributed by atoms with Crippen LogP contribution in [0, 0.1) is 0 Å². The van der Waals surface area contributed by atoms with E-state index in [0.717, 1.165) is 23.4 Å². The SMILES string of the molecule is CC(C)N(C)CCNc1ccc(Br)cn1. The van der Waals surface area contributed by atoms with Crippen molar-refractivity contribution in [3.05, 3.63) is 22.8 Å². The topological polar surface area (TPSA) is 28.2 Å². The zero-order chi connectivity index (χ0) is 11.3. The first-order chi connectivity index (χ1) is 7.09. The summed E-state index contributed by atoms with van der Waals surface area (Å²) in [4.78, 5) is 6.54. The Morgan fingerprint density at radius 2 is 2.20 bits per heavy atom. The number of likely N-dealkylation sites (N-methyl/N-ethyl adjacent to an activating group) is 1. The van der Waals surface area contributed by atoms with Gasteiger partial charge >= 0.3 is 0 Å². The first kappa shape index (κ1) is 12.5. The molecule has 0 atom stereocenters. The number of anilines is 1. The fourth-order valence-corrected chi connectivity index (χ4v) is 1.33. The lowest BCUT2D eigenvalue weighted by Gasteiger charge is -2.20. The van der Waals surface area contributed by atoms with Crippen LogP contribution in [0.4, 0.5) is 5.82 Å². The van der Waals surface area contributed by atoms with Gasteiger partial charge in [0.1, 0.15) is 5.82 Å². The number of halogens is 1. The highest BCUT2D eigenvalue weighted by Gasteiger charge is 2.01. The van der Waals surface area contributed by atoms with Crippen LogP contribution in [0.5, 0.6) is 0 Å². The minimum absolute atomic E-state index is 0.588. The molecule has 0 aliphatic carbocycles. The van der Waals surface area contributed by atoms with Crippen molar-refractivity contribution >= 4 is 21.7 Å². The first-order valence-corrected chi connectivity index (χ1v) is 5.94. The zero-order valence-corrected chi connectivity index (χ0v) is 11.1. The highest BCUT2D eigenvalue weighted by Crippen LogP contribution is 2.10. The average Bonchev–Trinajstić information content (AvgIpc) is 2.20. The number of aromatic nitrogens is 1. The van der Waals surface area contributed by atoms with Gasteiger partial charge in [-0.05, 0) is 49.0 Å². The molecule has 4 heteroatoms. The van der Waals surface area contributed by atoms with Gasteiger partial charge in [-0.2, -0.15) is 0 Å². The molecular weight excluding hydrogens is 254 g/mol. The maximum Gasteiger partial charge on any atom is 0.126 e. The molecule has 1 aromatic rings. The Kier molecular flexibility index (Phi) is 5.05. The predicted octanol–water partition coefficient (Wildman–Crippen LogP) is 2.60. The summed E-state index contributed by atoms with van der Waals surface area (Å²) < 4.78 is 1.01. The van der Waals surface area contributed by atoms with Crippen LogP contribution < -0.4 is 5.32 Å². The quantitative estimate of drug-likeness (QED) is 0.893. The third-order valence-corrected chi connectivity index (χ3v) is 2.85. The van der Waals surface area contributed by atoms with Gasteiger partial charge in [0.2, 0.25) is 0 Å². The zero-order valence-electron chi connectivity index (χ0n) is 9.50. The Bertz CT molecular complexity index is 284. The molecule has 1 heterocycles. The summed E-state index contributed by atoms with van der Waals surface area (Å²) in [7, 11) is 2.13. The molecule has 0 bridgehead atoms. The van der Waals surface area contributed by atoms with Crippen LogP contribution in [0.25, 0.3) is 0 Å². The number of hydrogen-bond donors (Lipinski definition) is 1. The van der Waals surface area contributed by atoms with Gasteiger partial charge in [0, 0.05) is 29.8 Å². The van der Waals surface area contributed by atoms with Crippen LogP contribution in [-0.2, 0) is 0 Å². The summed E-state index contributed by atoms with van der Waals surface area (Å²) in [5, 5.41) is 3.28. The van der Waals surface area contributed by atoms with Crippen molar-refractivity contribution in [2.45, 2.75) is 19.9 Å². The second-order valence-electron chi connectivity index (χ2n) is 3.86. The van der Waals surface area contributed by atoms with E-state index < -0.39 is 0 Å². The molecule has 0 spiro atoms. The average molecular weight is 272 g/mol. The fraction of sp³-hybridized carbons (Fsp3) is 0.545. The molecule has 0 saturated carbocycles. The van der Waals surface area contributed by atoms with E-state index in [4.69, 9.17) is 0 Å². The largest absolute Gasteiger partial charge is 0.369 e. The summed E-state index contributed by atoms with van der Waals surface area (Å²) >= 11 is 3.36. The molecule has 3 nitrogen and oxygen atoms in total. The minimum atomic E-state index is 0.588. The summed E-state index contributed by atoms with van der Waals surface area (Å²) in [5.74, 6) is 0.926. The number of hydrogen-bond acceptors (Lipinski definition) is 3. The third kappa shape index (κ3) is 4.62. The molecule has 0 saturated heterocycles. The Morgan fingerprint density at radius 1 is 1.47 bits per heavy atom. The standard InChI is InChI=1S/C11H18BrN3/c1-9(2)15(3)7-6-13-11-5-4-10(12)8-14-11/h4-5,8-9H,6-7H2,1-3H3,(H,13,14). The molecule has 0 aliphatic heterocycles. The molecule has 0 radical (unpaired) electrons. The lowest BCUT2D eigenvalue weighted by molar-refractivity contribution is 0.284. The van der Waals surface area contributed by atoms with Crippen molar-refractivity contribution in [3.8, 4) is 0 Å². The van der Waals surface area contributed by atoms with Crippen LogP contribution in [-0.4, -0.2) is 36.1 Å². The van der Waals surface area contributed by atoms with Gasteiger partial charge in [0.05, 0.1) is 0 Å². The van der Waals surface area contributed by atoms with E-state index in [9.17, 15) is 0 Å². The number of nitrogens with zero attached hydrogens (tertiary/aromatic N) is 2. The lowest BCUT2D eigenvalue weighted by atomic mass is 10.3. The van der Waals surface area contributed by atoms with Crippen molar-refractivity contribution in [3.63, 3.8) is 0 Å². The summed E-state index contributed by atoms with van der Waals surface area (Å²) in [6, 6.07) is 4.55. The molecule has 0 amide bonds. The molecule has 0 fully saturated rings. The molecule has 0 aromatic carbocycles. The monoisotopic (exact) mass is 271 g/mol. The number of nitrogens with one attached hydrogen (secondary N) is 1. The molecule has 1 aromatic heterocycles. The third-order valence-electron chi connectivity index (χ3n) is 2.38. The smallest absolute Gasteiger partial charge is 0.126 e. The number of pyridine rings is 1. The summed E-state index contributed by atoms with van der Waals surface area (Å²) in [5.41, 5.74) is 0. The number of rotatable bonds is 5. The lowest BCUT2D eigenvalue weighted by Crippen LogP contribution is -2.31. The van der Waals surface area contributed by atoms with E-state index in [1.165, 1.54) is 0 Å². The van der Waals surface area contributed by atoms with Crippen LogP contribution in [0.2, 0.25) is 0 Å². The maximum absolute atomic E-state index is 4.24. The maximum atomic E-state index is 4.24. The van der Waals surface area contributed by atoms with Crippen molar-refractivity contribution in [2.24, 2.45) is 0 Å². The Morgan fingerprint density at radius 3 is 2.73 bits per heavy atom. The van der Waals surface area contributed by atoms with Crippen LogP contribution >= 0.6 is 15.9 Å². The molecule has 0 aliphatic rings. The van der Waals surface area contributed by atoms with Gasteiger partial charge < -0.3 is 10.2 Å². The van der Waals surface area contributed by atoms with Gasteiger partial charge in [-0.15, -0.1) is 0 Å². The van der Waals surface area contributed by atoms with E-state index in [-0.39, 0.29) is 0 Å². The van der Waals surface area contributed by atoms with Gasteiger partial charge in [0.25, 0.3) is 0 Å². The van der Waals surface area contributed by atoms with Crippen molar-refractivity contribution < 1.29 is 0 Å². The molecule has 1 rings (SSSR count). The second-order valence-corrected chi connectivity index (χ2v) is 4.78. The van der Waals surface area contributed by atoms with Crippen LogP contribution in [0.15, 0.2) is 22.8 Å². The normalized spacial score (nSPS) is 11.1. The highest BCUT2D eigenvalue weighted by molar-refractivity contribution is 9.10. The fourth-order valence-electron chi connectivity index (χ4n) is 1.10. The molecule has 1 N–H and O–H groups in total. The molecule has 15 heavy (non-hydrogen) atoms. The van der Waals surface area contributed by atoms with E-state index in [2.05, 4.69) is 52.0 Å². The predicted molar refractivity (Wildman–Crippen MR) is 68.2 cm³/mol. The van der Waals surface area contributed by atoms with E-state index in [1.807, 2.05) is 12.1 Å². The minimum Gasteiger partial charge on any atom is -0.369 e. The van der Waals surface area contributed by atoms with Gasteiger partial charge in [-0.1, -0.05) is 0 Å².